The van der Waals surface area contributed by atoms with E-state index in [1.165, 1.54) is 52.5 Å². The molecule has 0 spiro atoms. The van der Waals surface area contributed by atoms with Crippen LogP contribution < -0.4 is 0 Å². The van der Waals surface area contributed by atoms with Gasteiger partial charge in [-0.15, -0.1) is 11.3 Å². The molecule has 0 atom stereocenters. The van der Waals surface area contributed by atoms with E-state index < -0.39 is 0 Å². The molecule has 43 heavy (non-hydrogen) atoms. The number of nitrogens with zero attached hydrogens (tertiary/aromatic N) is 3. The van der Waals surface area contributed by atoms with Crippen LogP contribution in [0.1, 0.15) is 0 Å². The van der Waals surface area contributed by atoms with Crippen LogP contribution >= 0.6 is 11.3 Å². The van der Waals surface area contributed by atoms with Gasteiger partial charge in [0.15, 0.2) is 17.5 Å². The predicted molar refractivity (Wildman–Crippen MR) is 182 cm³/mol. The molecule has 0 bridgehead atoms. The molecule has 0 fully saturated rings. The summed E-state index contributed by atoms with van der Waals surface area (Å²) >= 11 is 1.86. The van der Waals surface area contributed by atoms with Gasteiger partial charge in [-0.1, -0.05) is 121 Å². The fraction of sp³-hybridized carbons (Fsp3) is 0. The molecule has 2 aromatic heterocycles. The highest BCUT2D eigenvalue weighted by molar-refractivity contribution is 7.27. The third kappa shape index (κ3) is 3.92. The van der Waals surface area contributed by atoms with Crippen LogP contribution in [0.25, 0.3) is 86.7 Å². The molecule has 9 rings (SSSR count). The van der Waals surface area contributed by atoms with Gasteiger partial charge in [-0.05, 0) is 45.1 Å². The van der Waals surface area contributed by atoms with Crippen molar-refractivity contribution in [2.75, 3.05) is 0 Å². The third-order valence-corrected chi connectivity index (χ3v) is 9.42. The number of rotatable bonds is 3. The van der Waals surface area contributed by atoms with Gasteiger partial charge in [0, 0.05) is 42.2 Å². The second kappa shape index (κ2) is 9.55. The van der Waals surface area contributed by atoms with E-state index in [-0.39, 0.29) is 0 Å². The van der Waals surface area contributed by atoms with Crippen molar-refractivity contribution in [2.45, 2.75) is 0 Å². The Bertz CT molecular complexity index is 2440. The van der Waals surface area contributed by atoms with Crippen LogP contribution in [0.4, 0.5) is 0 Å². The van der Waals surface area contributed by atoms with Gasteiger partial charge < -0.3 is 0 Å². The maximum atomic E-state index is 5.15. The lowest BCUT2D eigenvalue weighted by molar-refractivity contribution is 1.08. The number of aromatic nitrogens is 3. The van der Waals surface area contributed by atoms with Crippen LogP contribution in [0.15, 0.2) is 140 Å². The summed E-state index contributed by atoms with van der Waals surface area (Å²) < 4.78 is 2.52. The normalized spacial score (nSPS) is 11.7. The summed E-state index contributed by atoms with van der Waals surface area (Å²) in [5.74, 6) is 2.02. The Morgan fingerprint density at radius 3 is 1.65 bits per heavy atom. The topological polar surface area (TPSA) is 38.7 Å². The second-order valence-electron chi connectivity index (χ2n) is 10.8. The second-order valence-corrected chi connectivity index (χ2v) is 11.9. The molecule has 0 saturated carbocycles. The van der Waals surface area contributed by atoms with Crippen molar-refractivity contribution in [1.82, 2.24) is 15.0 Å². The molecule has 0 N–H and O–H groups in total. The molecule has 7 aromatic carbocycles. The molecule has 3 nitrogen and oxygen atoms in total. The van der Waals surface area contributed by atoms with Crippen LogP contribution in [0, 0.1) is 0 Å². The number of hydrogen-bond acceptors (Lipinski definition) is 4. The van der Waals surface area contributed by atoms with E-state index in [1.807, 2.05) is 47.7 Å². The fourth-order valence-corrected chi connectivity index (χ4v) is 7.55. The summed E-state index contributed by atoms with van der Waals surface area (Å²) in [5, 5.41) is 9.86. The first-order chi connectivity index (χ1) is 21.3. The van der Waals surface area contributed by atoms with E-state index in [0.717, 1.165) is 16.7 Å². The first kappa shape index (κ1) is 24.2. The summed E-state index contributed by atoms with van der Waals surface area (Å²) in [6.45, 7) is 0. The van der Waals surface area contributed by atoms with Crippen LogP contribution in [0.2, 0.25) is 0 Å². The number of hydrogen-bond donors (Lipinski definition) is 0. The average molecular weight is 566 g/mol. The quantitative estimate of drug-likeness (QED) is 0.200. The zero-order chi connectivity index (χ0) is 28.3. The summed E-state index contributed by atoms with van der Waals surface area (Å²) in [7, 11) is 0. The SMILES string of the molecule is c1ccc(-c2nc(-c3ccccc3)nc(-c3cc4ccc5ccccc5c4c4sc5cc6ccccc6cc5c34)n2)cc1. The van der Waals surface area contributed by atoms with Crippen molar-refractivity contribution >= 4 is 63.8 Å². The zero-order valence-corrected chi connectivity index (χ0v) is 23.8. The molecule has 0 aliphatic rings. The highest BCUT2D eigenvalue weighted by Gasteiger charge is 2.20. The minimum Gasteiger partial charge on any atom is -0.208 e. The van der Waals surface area contributed by atoms with Crippen molar-refractivity contribution in [3.63, 3.8) is 0 Å². The Hall–Kier alpha value is -5.45. The van der Waals surface area contributed by atoms with E-state index in [1.54, 1.807) is 0 Å². The van der Waals surface area contributed by atoms with Crippen molar-refractivity contribution < 1.29 is 0 Å². The Morgan fingerprint density at radius 2 is 0.953 bits per heavy atom. The van der Waals surface area contributed by atoms with Crippen molar-refractivity contribution in [1.29, 1.82) is 0 Å². The summed E-state index contributed by atoms with van der Waals surface area (Å²) in [6.07, 6.45) is 0. The first-order valence-electron chi connectivity index (χ1n) is 14.4. The Labute approximate surface area is 251 Å². The maximum Gasteiger partial charge on any atom is 0.164 e. The van der Waals surface area contributed by atoms with Crippen LogP contribution in [0.5, 0.6) is 0 Å². The summed E-state index contributed by atoms with van der Waals surface area (Å²) in [6, 6.07) is 49.0. The van der Waals surface area contributed by atoms with Gasteiger partial charge in [0.05, 0.1) is 0 Å². The standard InChI is InChI=1S/C39H23N3S/c1-3-12-25(13-4-1)37-40-38(26-14-5-2-6-15-26)42-39(41-37)32-22-29-20-19-24-11-9-10-18-30(24)34(29)36-35(32)31-21-27-16-7-8-17-28(27)23-33(31)43-36/h1-23H. The lowest BCUT2D eigenvalue weighted by atomic mass is 9.95. The van der Waals surface area contributed by atoms with E-state index in [4.69, 9.17) is 15.0 Å². The molecule has 0 amide bonds. The predicted octanol–water partition coefficient (Wildman–Crippen LogP) is 10.7. The van der Waals surface area contributed by atoms with Gasteiger partial charge in [-0.25, -0.2) is 15.0 Å². The van der Waals surface area contributed by atoms with Crippen molar-refractivity contribution in [3.8, 4) is 34.2 Å². The van der Waals surface area contributed by atoms with Gasteiger partial charge in [0.1, 0.15) is 0 Å². The van der Waals surface area contributed by atoms with Gasteiger partial charge >= 0.3 is 0 Å². The molecular weight excluding hydrogens is 543 g/mol. The largest absolute Gasteiger partial charge is 0.208 e. The highest BCUT2D eigenvalue weighted by atomic mass is 32.1. The maximum absolute atomic E-state index is 5.15. The van der Waals surface area contributed by atoms with Gasteiger partial charge in [-0.3, -0.25) is 0 Å². The molecule has 0 aliphatic heterocycles. The van der Waals surface area contributed by atoms with E-state index in [2.05, 4.69) is 103 Å². The van der Waals surface area contributed by atoms with Crippen LogP contribution in [-0.2, 0) is 0 Å². The molecule has 200 valence electrons. The van der Waals surface area contributed by atoms with Crippen LogP contribution in [-0.4, -0.2) is 15.0 Å². The molecular formula is C39H23N3S. The van der Waals surface area contributed by atoms with E-state index in [9.17, 15) is 0 Å². The molecule has 0 radical (unpaired) electrons. The Morgan fingerprint density at radius 1 is 0.395 bits per heavy atom. The lowest BCUT2D eigenvalue weighted by Crippen LogP contribution is -2.00. The number of benzene rings is 7. The molecule has 0 saturated heterocycles. The van der Waals surface area contributed by atoms with Crippen molar-refractivity contribution in [3.05, 3.63) is 140 Å². The minimum absolute atomic E-state index is 0.668. The van der Waals surface area contributed by atoms with Gasteiger partial charge in [-0.2, -0.15) is 0 Å². The molecule has 2 heterocycles. The third-order valence-electron chi connectivity index (χ3n) is 8.25. The average Bonchev–Trinajstić information content (AvgIpc) is 3.45. The van der Waals surface area contributed by atoms with Gasteiger partial charge in [0.25, 0.3) is 0 Å². The van der Waals surface area contributed by atoms with E-state index in [0.29, 0.717) is 17.5 Å². The zero-order valence-electron chi connectivity index (χ0n) is 23.0. The summed E-state index contributed by atoms with van der Waals surface area (Å²) in [5.41, 5.74) is 2.95. The smallest absolute Gasteiger partial charge is 0.164 e. The van der Waals surface area contributed by atoms with E-state index >= 15 is 0 Å². The lowest BCUT2D eigenvalue weighted by Gasteiger charge is -2.12. The van der Waals surface area contributed by atoms with Gasteiger partial charge in [0.2, 0.25) is 0 Å². The number of fused-ring (bicyclic) bond motifs is 8. The Balaban J connectivity index is 1.45. The molecule has 4 heteroatoms. The molecule has 0 unspecified atom stereocenters. The van der Waals surface area contributed by atoms with Crippen LogP contribution in [0.3, 0.4) is 0 Å². The van der Waals surface area contributed by atoms with Crippen molar-refractivity contribution in [2.24, 2.45) is 0 Å². The molecule has 9 aromatic rings. The summed E-state index contributed by atoms with van der Waals surface area (Å²) in [4.78, 5) is 15.3. The minimum atomic E-state index is 0.668. The fourth-order valence-electron chi connectivity index (χ4n) is 6.22. The number of thiophene rings is 1. The Kier molecular flexibility index (Phi) is 5.37. The first-order valence-corrected chi connectivity index (χ1v) is 15.2. The monoisotopic (exact) mass is 565 g/mol. The highest BCUT2D eigenvalue weighted by Crippen LogP contribution is 2.46. The molecule has 0 aliphatic carbocycles.